The number of ether oxygens (including phenoxy) is 1. The predicted molar refractivity (Wildman–Crippen MR) is 189 cm³/mol. The number of hydrogen-bond acceptors (Lipinski definition) is 10. The molecule has 1 atom stereocenters. The fraction of sp³-hybridized carbons (Fsp3) is 0.400. The minimum Gasteiger partial charge on any atom is -0.491 e. The first-order chi connectivity index (χ1) is 23.7. The van der Waals surface area contributed by atoms with Gasteiger partial charge in [-0.05, 0) is 82.1 Å². The number of anilines is 1. The van der Waals surface area contributed by atoms with Crippen LogP contribution in [-0.4, -0.2) is 102 Å². The van der Waals surface area contributed by atoms with Crippen molar-refractivity contribution in [1.82, 2.24) is 44.7 Å². The number of hydrogen-bond donors (Lipinski definition) is 1. The summed E-state index contributed by atoms with van der Waals surface area (Å²) in [6, 6.07) is 11.6. The van der Waals surface area contributed by atoms with Gasteiger partial charge in [-0.3, -0.25) is 24.5 Å². The number of amides is 2. The van der Waals surface area contributed by atoms with Crippen LogP contribution in [0, 0.1) is 5.92 Å². The number of aromatic amines is 1. The number of carbonyl (C=O) groups is 2. The van der Waals surface area contributed by atoms with Crippen molar-refractivity contribution in [2.75, 3.05) is 44.2 Å². The Morgan fingerprint density at radius 2 is 1.92 bits per heavy atom. The molecule has 2 amide bonds. The standard InChI is InChI=1S/C35H40N10O3S/c1-5-45(29-11-10-27-32(37-29)31(39-38-27)23-6-8-26(9-7-23)48-22(2)3)35(47)25-12-15-43(18-25)20-30(46)44-16-13-24(14-17-44)33-40-41-34(49-33)28-19-42(4)21-36-28/h6-11,13,19,21-22,25H,5,12,14-18,20H2,1-4H3,(H,38,39)/t25-/m1/s1. The van der Waals surface area contributed by atoms with Gasteiger partial charge in [-0.2, -0.15) is 5.10 Å². The first-order valence-electron chi connectivity index (χ1n) is 16.7. The summed E-state index contributed by atoms with van der Waals surface area (Å²) in [6.45, 7) is 9.14. The number of nitrogens with zero attached hydrogens (tertiary/aromatic N) is 9. The van der Waals surface area contributed by atoms with Gasteiger partial charge in [-0.1, -0.05) is 17.4 Å². The summed E-state index contributed by atoms with van der Waals surface area (Å²) in [7, 11) is 1.93. The second-order valence-electron chi connectivity index (χ2n) is 12.8. The number of aromatic nitrogens is 7. The molecule has 1 aromatic carbocycles. The third-order valence-corrected chi connectivity index (χ3v) is 9.94. The molecule has 5 aromatic rings. The number of carbonyl (C=O) groups excluding carboxylic acids is 2. The summed E-state index contributed by atoms with van der Waals surface area (Å²) in [4.78, 5) is 42.1. The molecule has 14 heteroatoms. The Morgan fingerprint density at radius 1 is 1.10 bits per heavy atom. The molecule has 2 aliphatic heterocycles. The van der Waals surface area contributed by atoms with Gasteiger partial charge < -0.3 is 14.2 Å². The number of likely N-dealkylation sites (tertiary alicyclic amines) is 1. The molecule has 0 radical (unpaired) electrons. The van der Waals surface area contributed by atoms with Crippen molar-refractivity contribution in [1.29, 1.82) is 0 Å². The van der Waals surface area contributed by atoms with E-state index in [-0.39, 0.29) is 23.8 Å². The Balaban J connectivity index is 0.960. The maximum atomic E-state index is 13.8. The molecular formula is C35H40N10O3S. The van der Waals surface area contributed by atoms with E-state index in [0.717, 1.165) is 50.2 Å². The molecule has 0 bridgehead atoms. The van der Waals surface area contributed by atoms with Gasteiger partial charge in [-0.25, -0.2) is 9.97 Å². The van der Waals surface area contributed by atoms with Crippen LogP contribution >= 0.6 is 11.3 Å². The third-order valence-electron chi connectivity index (χ3n) is 8.92. The Kier molecular flexibility index (Phi) is 9.23. The normalized spacial score (nSPS) is 16.8. The van der Waals surface area contributed by atoms with E-state index >= 15 is 0 Å². The SMILES string of the molecule is CCN(C(=O)[C@@H]1CCN(CC(=O)N2CC=C(c3nnc(-c4cn(C)cn4)s3)CC2)C1)c1ccc2[nH]nc(-c3ccc(OC(C)C)cc3)c2n1. The number of fused-ring (bicyclic) bond motifs is 1. The number of imidazole rings is 1. The van der Waals surface area contributed by atoms with Crippen LogP contribution in [0.25, 0.3) is 38.6 Å². The maximum absolute atomic E-state index is 13.8. The van der Waals surface area contributed by atoms with E-state index in [9.17, 15) is 9.59 Å². The molecule has 49 heavy (non-hydrogen) atoms. The average molecular weight is 681 g/mol. The molecule has 1 N–H and O–H groups in total. The molecule has 2 aliphatic rings. The summed E-state index contributed by atoms with van der Waals surface area (Å²) in [5.74, 6) is 1.28. The van der Waals surface area contributed by atoms with E-state index in [2.05, 4.69) is 36.4 Å². The van der Waals surface area contributed by atoms with Gasteiger partial charge in [0, 0.05) is 45.0 Å². The molecule has 1 fully saturated rings. The second-order valence-corrected chi connectivity index (χ2v) is 13.8. The number of benzene rings is 1. The van der Waals surface area contributed by atoms with Gasteiger partial charge in [0.1, 0.15) is 33.5 Å². The van der Waals surface area contributed by atoms with Crippen LogP contribution in [0.1, 0.15) is 38.6 Å². The van der Waals surface area contributed by atoms with E-state index in [1.54, 1.807) is 11.2 Å². The van der Waals surface area contributed by atoms with Crippen LogP contribution in [0.5, 0.6) is 5.75 Å². The Hall–Kier alpha value is -4.95. The summed E-state index contributed by atoms with van der Waals surface area (Å²) in [6.07, 6.45) is 7.26. The van der Waals surface area contributed by atoms with Gasteiger partial charge in [0.2, 0.25) is 11.8 Å². The van der Waals surface area contributed by atoms with Crippen molar-refractivity contribution in [3.05, 3.63) is 60.0 Å². The van der Waals surface area contributed by atoms with Crippen LogP contribution < -0.4 is 9.64 Å². The van der Waals surface area contributed by atoms with E-state index in [0.29, 0.717) is 57.0 Å². The van der Waals surface area contributed by atoms with E-state index in [4.69, 9.17) is 9.72 Å². The molecule has 0 aliphatic carbocycles. The zero-order valence-corrected chi connectivity index (χ0v) is 29.0. The molecule has 0 saturated carbocycles. The molecule has 254 valence electrons. The number of nitrogens with one attached hydrogen (secondary N) is 1. The largest absolute Gasteiger partial charge is 0.491 e. The smallest absolute Gasteiger partial charge is 0.237 e. The molecule has 4 aromatic heterocycles. The molecule has 7 rings (SSSR count). The van der Waals surface area contributed by atoms with Crippen molar-refractivity contribution in [2.45, 2.75) is 39.7 Å². The lowest BCUT2D eigenvalue weighted by atomic mass is 10.1. The first kappa shape index (κ1) is 32.6. The number of aryl methyl sites for hydroxylation is 1. The molecule has 6 heterocycles. The Bertz CT molecular complexity index is 2000. The van der Waals surface area contributed by atoms with Crippen molar-refractivity contribution in [3.63, 3.8) is 0 Å². The highest BCUT2D eigenvalue weighted by Gasteiger charge is 2.34. The highest BCUT2D eigenvalue weighted by Crippen LogP contribution is 2.31. The van der Waals surface area contributed by atoms with Gasteiger partial charge in [0.15, 0.2) is 5.01 Å². The summed E-state index contributed by atoms with van der Waals surface area (Å²) in [5.41, 5.74) is 5.06. The third kappa shape index (κ3) is 6.97. The minimum absolute atomic E-state index is 0.0252. The molecule has 0 unspecified atom stereocenters. The van der Waals surface area contributed by atoms with Crippen molar-refractivity contribution in [3.8, 4) is 27.7 Å². The van der Waals surface area contributed by atoms with Crippen molar-refractivity contribution in [2.24, 2.45) is 13.0 Å². The van der Waals surface area contributed by atoms with E-state index in [1.165, 1.54) is 11.3 Å². The summed E-state index contributed by atoms with van der Waals surface area (Å²) < 4.78 is 7.67. The Morgan fingerprint density at radius 3 is 2.63 bits per heavy atom. The van der Waals surface area contributed by atoms with Crippen LogP contribution in [0.4, 0.5) is 5.82 Å². The Labute approximate surface area is 288 Å². The fourth-order valence-electron chi connectivity index (χ4n) is 6.39. The zero-order chi connectivity index (χ0) is 34.1. The molecular weight excluding hydrogens is 641 g/mol. The van der Waals surface area contributed by atoms with Gasteiger partial charge >= 0.3 is 0 Å². The maximum Gasteiger partial charge on any atom is 0.237 e. The average Bonchev–Trinajstić information content (AvgIpc) is 3.92. The number of rotatable bonds is 10. The highest BCUT2D eigenvalue weighted by atomic mass is 32.1. The van der Waals surface area contributed by atoms with E-state index in [1.807, 2.05) is 79.9 Å². The van der Waals surface area contributed by atoms with Crippen molar-refractivity contribution < 1.29 is 14.3 Å². The van der Waals surface area contributed by atoms with Crippen molar-refractivity contribution >= 4 is 45.6 Å². The van der Waals surface area contributed by atoms with Crippen LogP contribution in [0.3, 0.4) is 0 Å². The first-order valence-corrected chi connectivity index (χ1v) is 17.5. The van der Waals surface area contributed by atoms with Crippen LogP contribution in [-0.2, 0) is 16.6 Å². The molecule has 1 saturated heterocycles. The quantitative estimate of drug-likeness (QED) is 0.223. The molecule has 0 spiro atoms. The predicted octanol–water partition coefficient (Wildman–Crippen LogP) is 4.65. The lowest BCUT2D eigenvalue weighted by Gasteiger charge is -2.28. The zero-order valence-electron chi connectivity index (χ0n) is 28.2. The van der Waals surface area contributed by atoms with Gasteiger partial charge in [-0.15, -0.1) is 10.2 Å². The lowest BCUT2D eigenvalue weighted by Crippen LogP contribution is -2.42. The number of H-pyrrole nitrogens is 1. The lowest BCUT2D eigenvalue weighted by molar-refractivity contribution is -0.132. The topological polar surface area (TPSA) is 138 Å². The minimum atomic E-state index is -0.207. The van der Waals surface area contributed by atoms with Gasteiger partial charge in [0.25, 0.3) is 0 Å². The second kappa shape index (κ2) is 13.9. The summed E-state index contributed by atoms with van der Waals surface area (Å²) in [5, 5.41) is 17.9. The highest BCUT2D eigenvalue weighted by molar-refractivity contribution is 7.15. The fourth-order valence-corrected chi connectivity index (χ4v) is 7.27. The van der Waals surface area contributed by atoms with Gasteiger partial charge in [0.05, 0.1) is 30.4 Å². The number of pyridine rings is 1. The van der Waals surface area contributed by atoms with Crippen LogP contribution in [0.2, 0.25) is 0 Å². The molecule has 13 nitrogen and oxygen atoms in total. The van der Waals surface area contributed by atoms with E-state index < -0.39 is 0 Å². The van der Waals surface area contributed by atoms with Crippen LogP contribution in [0.15, 0.2) is 55.0 Å². The monoisotopic (exact) mass is 680 g/mol. The summed E-state index contributed by atoms with van der Waals surface area (Å²) >= 11 is 1.52.